The van der Waals surface area contributed by atoms with E-state index >= 15 is 0 Å². The molecule has 28 heavy (non-hydrogen) atoms. The van der Waals surface area contributed by atoms with Gasteiger partial charge >= 0.3 is 0 Å². The Hall–Kier alpha value is -3.46. The fourth-order valence-electron chi connectivity index (χ4n) is 2.27. The highest BCUT2D eigenvalue weighted by Crippen LogP contribution is 2.21. The van der Waals surface area contributed by atoms with E-state index in [1.807, 2.05) is 0 Å². The lowest BCUT2D eigenvalue weighted by molar-refractivity contribution is -0.130. The second-order valence-electron chi connectivity index (χ2n) is 5.97. The van der Waals surface area contributed by atoms with Crippen LogP contribution in [-0.4, -0.2) is 57.6 Å². The Morgan fingerprint density at radius 3 is 2.57 bits per heavy atom. The summed E-state index contributed by atoms with van der Waals surface area (Å²) >= 11 is 6.04. The standard InChI is InChI=1S/C18H17ClN6O3/c1-24(2)17(26)10-28-14-6-4-13(5-7-14)21-18(27)15-9-12(19)3-8-16(15)25-11-20-22-23-25/h3-9,11H,10H2,1-2H3,(H,21,27). The lowest BCUT2D eigenvalue weighted by atomic mass is 10.1. The molecular formula is C18H17ClN6O3. The van der Waals surface area contributed by atoms with Crippen LogP contribution in [0.1, 0.15) is 10.4 Å². The molecule has 0 saturated heterocycles. The molecule has 2 amide bonds. The number of nitrogens with one attached hydrogen (secondary N) is 1. The minimum Gasteiger partial charge on any atom is -0.484 e. The number of halogens is 1. The number of amides is 2. The normalized spacial score (nSPS) is 10.4. The average molecular weight is 401 g/mol. The minimum atomic E-state index is -0.371. The fraction of sp³-hybridized carbons (Fsp3) is 0.167. The van der Waals surface area contributed by atoms with Crippen LogP contribution in [-0.2, 0) is 4.79 Å². The number of benzene rings is 2. The molecule has 0 spiro atoms. The lowest BCUT2D eigenvalue weighted by Gasteiger charge is -2.12. The van der Waals surface area contributed by atoms with E-state index in [4.69, 9.17) is 16.3 Å². The van der Waals surface area contributed by atoms with Crippen LogP contribution in [0, 0.1) is 0 Å². The molecule has 1 aromatic heterocycles. The van der Waals surface area contributed by atoms with E-state index in [1.54, 1.807) is 50.5 Å². The van der Waals surface area contributed by atoms with E-state index in [9.17, 15) is 9.59 Å². The molecule has 10 heteroatoms. The summed E-state index contributed by atoms with van der Waals surface area (Å²) in [5, 5.41) is 14.2. The van der Waals surface area contributed by atoms with E-state index in [1.165, 1.54) is 22.0 Å². The van der Waals surface area contributed by atoms with Crippen LogP contribution >= 0.6 is 11.6 Å². The molecule has 0 radical (unpaired) electrons. The van der Waals surface area contributed by atoms with Gasteiger partial charge in [-0.3, -0.25) is 9.59 Å². The van der Waals surface area contributed by atoms with Crippen molar-refractivity contribution in [2.45, 2.75) is 0 Å². The molecule has 1 N–H and O–H groups in total. The first kappa shape index (κ1) is 19.3. The molecule has 0 bridgehead atoms. The second kappa shape index (κ2) is 8.49. The van der Waals surface area contributed by atoms with Gasteiger partial charge in [-0.05, 0) is 52.9 Å². The zero-order valence-corrected chi connectivity index (χ0v) is 15.9. The van der Waals surface area contributed by atoms with Crippen LogP contribution < -0.4 is 10.1 Å². The number of ether oxygens (including phenoxy) is 1. The van der Waals surface area contributed by atoms with Crippen molar-refractivity contribution in [2.24, 2.45) is 0 Å². The number of hydrogen-bond donors (Lipinski definition) is 1. The number of hydrogen-bond acceptors (Lipinski definition) is 6. The van der Waals surface area contributed by atoms with Crippen LogP contribution in [0.5, 0.6) is 5.75 Å². The second-order valence-corrected chi connectivity index (χ2v) is 6.41. The van der Waals surface area contributed by atoms with E-state index < -0.39 is 0 Å². The number of carbonyl (C=O) groups is 2. The predicted molar refractivity (Wildman–Crippen MR) is 103 cm³/mol. The third-order valence-corrected chi connectivity index (χ3v) is 4.01. The number of aromatic nitrogens is 4. The van der Waals surface area contributed by atoms with Crippen molar-refractivity contribution in [3.05, 3.63) is 59.4 Å². The van der Waals surface area contributed by atoms with Crippen LogP contribution in [0.15, 0.2) is 48.8 Å². The van der Waals surface area contributed by atoms with Crippen LogP contribution in [0.4, 0.5) is 5.69 Å². The van der Waals surface area contributed by atoms with E-state index in [-0.39, 0.29) is 18.4 Å². The zero-order valence-electron chi connectivity index (χ0n) is 15.2. The topological polar surface area (TPSA) is 102 Å². The van der Waals surface area contributed by atoms with Gasteiger partial charge in [0.25, 0.3) is 11.8 Å². The maximum absolute atomic E-state index is 12.7. The van der Waals surface area contributed by atoms with Gasteiger partial charge in [-0.15, -0.1) is 5.10 Å². The maximum Gasteiger partial charge on any atom is 0.259 e. The third-order valence-electron chi connectivity index (χ3n) is 3.77. The minimum absolute atomic E-state index is 0.0590. The van der Waals surface area contributed by atoms with Crippen molar-refractivity contribution in [2.75, 3.05) is 26.0 Å². The number of carbonyl (C=O) groups excluding carboxylic acids is 2. The molecule has 0 saturated carbocycles. The third kappa shape index (κ3) is 4.63. The lowest BCUT2D eigenvalue weighted by Crippen LogP contribution is -2.27. The van der Waals surface area contributed by atoms with Gasteiger partial charge < -0.3 is 15.0 Å². The number of tetrazole rings is 1. The molecule has 0 fully saturated rings. The molecule has 9 nitrogen and oxygen atoms in total. The highest BCUT2D eigenvalue weighted by Gasteiger charge is 2.15. The van der Waals surface area contributed by atoms with Gasteiger partial charge in [0.1, 0.15) is 12.1 Å². The molecular weight excluding hydrogens is 384 g/mol. The number of rotatable bonds is 6. The molecule has 3 rings (SSSR count). The number of likely N-dealkylation sites (N-methyl/N-ethyl adjacent to an activating group) is 1. The smallest absolute Gasteiger partial charge is 0.259 e. The summed E-state index contributed by atoms with van der Waals surface area (Å²) in [5.74, 6) is 0.00301. The Bertz CT molecular complexity index is 973. The largest absolute Gasteiger partial charge is 0.484 e. The summed E-state index contributed by atoms with van der Waals surface area (Å²) in [6.45, 7) is -0.0590. The van der Waals surface area contributed by atoms with E-state index in [2.05, 4.69) is 20.8 Å². The van der Waals surface area contributed by atoms with Crippen molar-refractivity contribution in [1.29, 1.82) is 0 Å². The summed E-state index contributed by atoms with van der Waals surface area (Å²) in [5.41, 5.74) is 1.37. The first-order valence-corrected chi connectivity index (χ1v) is 8.59. The Balaban J connectivity index is 1.72. The Kier molecular flexibility index (Phi) is 5.85. The highest BCUT2D eigenvalue weighted by atomic mass is 35.5. The molecule has 0 unspecified atom stereocenters. The first-order valence-electron chi connectivity index (χ1n) is 8.21. The van der Waals surface area contributed by atoms with Crippen molar-refractivity contribution in [1.82, 2.24) is 25.1 Å². The quantitative estimate of drug-likeness (QED) is 0.679. The fourth-order valence-corrected chi connectivity index (χ4v) is 2.44. The maximum atomic E-state index is 12.7. The molecule has 3 aromatic rings. The molecule has 0 aliphatic heterocycles. The molecule has 1 heterocycles. The van der Waals surface area contributed by atoms with E-state index in [0.717, 1.165) is 0 Å². The Morgan fingerprint density at radius 2 is 1.93 bits per heavy atom. The molecule has 144 valence electrons. The summed E-state index contributed by atoms with van der Waals surface area (Å²) < 4.78 is 6.79. The number of nitrogens with zero attached hydrogens (tertiary/aromatic N) is 5. The molecule has 0 atom stereocenters. The summed E-state index contributed by atoms with van der Waals surface area (Å²) in [4.78, 5) is 25.7. The van der Waals surface area contributed by atoms with Gasteiger partial charge in [0.15, 0.2) is 6.61 Å². The van der Waals surface area contributed by atoms with Crippen LogP contribution in [0.2, 0.25) is 5.02 Å². The molecule has 0 aliphatic carbocycles. The van der Waals surface area contributed by atoms with Crippen LogP contribution in [0.25, 0.3) is 5.69 Å². The highest BCUT2D eigenvalue weighted by molar-refractivity contribution is 6.31. The van der Waals surface area contributed by atoms with Gasteiger partial charge in [0.2, 0.25) is 0 Å². The van der Waals surface area contributed by atoms with E-state index in [0.29, 0.717) is 27.7 Å². The monoisotopic (exact) mass is 400 g/mol. The van der Waals surface area contributed by atoms with Crippen molar-refractivity contribution >= 4 is 29.1 Å². The Morgan fingerprint density at radius 1 is 1.18 bits per heavy atom. The molecule has 0 aliphatic rings. The SMILES string of the molecule is CN(C)C(=O)COc1ccc(NC(=O)c2cc(Cl)ccc2-n2cnnn2)cc1. The summed E-state index contributed by atoms with van der Waals surface area (Å²) in [6.07, 6.45) is 1.39. The van der Waals surface area contributed by atoms with Crippen molar-refractivity contribution < 1.29 is 14.3 Å². The van der Waals surface area contributed by atoms with Gasteiger partial charge in [0.05, 0.1) is 11.3 Å². The summed E-state index contributed by atoms with van der Waals surface area (Å²) in [6, 6.07) is 11.5. The van der Waals surface area contributed by atoms with Gasteiger partial charge in [0, 0.05) is 24.8 Å². The van der Waals surface area contributed by atoms with Gasteiger partial charge in [-0.1, -0.05) is 11.6 Å². The van der Waals surface area contributed by atoms with Gasteiger partial charge in [-0.25, -0.2) is 0 Å². The number of anilines is 1. The van der Waals surface area contributed by atoms with Gasteiger partial charge in [-0.2, -0.15) is 4.68 Å². The average Bonchev–Trinajstić information content (AvgIpc) is 3.21. The Labute approximate surface area is 165 Å². The van der Waals surface area contributed by atoms with Crippen molar-refractivity contribution in [3.63, 3.8) is 0 Å². The molecule has 2 aromatic carbocycles. The van der Waals surface area contributed by atoms with Crippen LogP contribution in [0.3, 0.4) is 0 Å². The van der Waals surface area contributed by atoms with Crippen molar-refractivity contribution in [3.8, 4) is 11.4 Å². The predicted octanol–water partition coefficient (Wildman–Crippen LogP) is 2.03. The zero-order chi connectivity index (χ0) is 20.1. The first-order chi connectivity index (χ1) is 13.4. The summed E-state index contributed by atoms with van der Waals surface area (Å²) in [7, 11) is 3.31.